The molecule has 6 nitrogen and oxygen atoms in total. The van der Waals surface area contributed by atoms with E-state index in [1.807, 2.05) is 44.5 Å². The Kier molecular flexibility index (Phi) is 4.67. The topological polar surface area (TPSA) is 55.1 Å². The fourth-order valence-electron chi connectivity index (χ4n) is 2.26. The van der Waals surface area contributed by atoms with Crippen LogP contribution in [0.25, 0.3) is 0 Å². The Hall–Kier alpha value is -2.24. The monoisotopic (exact) mass is 289 g/mol. The zero-order valence-corrected chi connectivity index (χ0v) is 13.1. The number of hydrogen-bond acceptors (Lipinski definition) is 4. The summed E-state index contributed by atoms with van der Waals surface area (Å²) < 4.78 is 3.78. The molecule has 0 bridgehead atoms. The van der Waals surface area contributed by atoms with E-state index in [0.29, 0.717) is 6.54 Å². The molecule has 0 spiro atoms. The number of pyridine rings is 1. The summed E-state index contributed by atoms with van der Waals surface area (Å²) in [5.41, 5.74) is 2.07. The lowest BCUT2D eigenvalue weighted by atomic mass is 10.3. The fraction of sp³-hybridized carbons (Fsp3) is 0.467. The summed E-state index contributed by atoms with van der Waals surface area (Å²) in [6.07, 6.45) is 4.68. The molecule has 0 aliphatic carbocycles. The third-order valence-corrected chi connectivity index (χ3v) is 3.38. The van der Waals surface area contributed by atoms with Crippen molar-refractivity contribution in [2.75, 3.05) is 24.3 Å². The second-order valence-electron chi connectivity index (χ2n) is 5.31. The van der Waals surface area contributed by atoms with Crippen molar-refractivity contribution in [3.8, 4) is 0 Å². The molecule has 0 amide bonds. The Bertz CT molecular complexity index is 656. The van der Waals surface area contributed by atoms with E-state index >= 15 is 0 Å². The number of rotatable bonds is 6. The molecular weight excluding hydrogens is 266 g/mol. The molecule has 0 saturated carbocycles. The van der Waals surface area contributed by atoms with Crippen LogP contribution < -0.4 is 15.8 Å². The number of nitrogens with zero attached hydrogens (tertiary/aromatic N) is 4. The molecule has 2 rings (SSSR count). The predicted octanol–water partition coefficient (Wildman–Crippen LogP) is 1.67. The quantitative estimate of drug-likeness (QED) is 0.879. The van der Waals surface area contributed by atoms with E-state index in [-0.39, 0.29) is 5.56 Å². The zero-order chi connectivity index (χ0) is 15.4. The molecule has 0 aromatic carbocycles. The lowest BCUT2D eigenvalue weighted by Crippen LogP contribution is -2.19. The standard InChI is InChI=1S/C15H23N5O/c1-5-8-20-11-12(6-7-14(20)21)16-9-13-10-17-15(18(2)3)19(13)4/h6-7,10-11,16H,5,8-9H2,1-4H3. The van der Waals surface area contributed by atoms with Crippen molar-refractivity contribution in [2.45, 2.75) is 26.4 Å². The van der Waals surface area contributed by atoms with Crippen LogP contribution in [0.1, 0.15) is 19.0 Å². The minimum absolute atomic E-state index is 0.0397. The van der Waals surface area contributed by atoms with Gasteiger partial charge in [-0.05, 0) is 12.5 Å². The normalized spacial score (nSPS) is 10.7. The highest BCUT2D eigenvalue weighted by Gasteiger charge is 2.07. The predicted molar refractivity (Wildman–Crippen MR) is 85.9 cm³/mol. The second kappa shape index (κ2) is 6.47. The summed E-state index contributed by atoms with van der Waals surface area (Å²) in [6.45, 7) is 3.47. The number of hydrogen-bond donors (Lipinski definition) is 1. The van der Waals surface area contributed by atoms with Crippen LogP contribution in [-0.4, -0.2) is 28.2 Å². The van der Waals surface area contributed by atoms with Gasteiger partial charge < -0.3 is 19.4 Å². The van der Waals surface area contributed by atoms with Gasteiger partial charge in [0.05, 0.1) is 24.1 Å². The van der Waals surface area contributed by atoms with Gasteiger partial charge in [-0.25, -0.2) is 4.98 Å². The number of anilines is 2. The Morgan fingerprint density at radius 3 is 2.71 bits per heavy atom. The van der Waals surface area contributed by atoms with E-state index in [2.05, 4.69) is 21.8 Å². The number of nitrogens with one attached hydrogen (secondary N) is 1. The number of aryl methyl sites for hydroxylation is 1. The van der Waals surface area contributed by atoms with E-state index in [1.165, 1.54) is 0 Å². The molecule has 0 radical (unpaired) electrons. The minimum atomic E-state index is 0.0397. The highest BCUT2D eigenvalue weighted by atomic mass is 16.1. The molecule has 0 fully saturated rings. The average Bonchev–Trinajstić information content (AvgIpc) is 2.81. The van der Waals surface area contributed by atoms with Gasteiger partial charge in [0.15, 0.2) is 0 Å². The van der Waals surface area contributed by atoms with Gasteiger partial charge in [0.25, 0.3) is 5.56 Å². The molecule has 2 aromatic heterocycles. The third kappa shape index (κ3) is 3.45. The highest BCUT2D eigenvalue weighted by molar-refractivity contribution is 5.41. The maximum absolute atomic E-state index is 11.7. The van der Waals surface area contributed by atoms with E-state index < -0.39 is 0 Å². The largest absolute Gasteiger partial charge is 0.378 e. The minimum Gasteiger partial charge on any atom is -0.378 e. The summed E-state index contributed by atoms with van der Waals surface area (Å²) in [4.78, 5) is 18.0. The van der Waals surface area contributed by atoms with E-state index in [0.717, 1.165) is 30.3 Å². The Balaban J connectivity index is 2.10. The van der Waals surface area contributed by atoms with Gasteiger partial charge in [-0.1, -0.05) is 6.92 Å². The van der Waals surface area contributed by atoms with Crippen LogP contribution in [0.4, 0.5) is 11.6 Å². The smallest absolute Gasteiger partial charge is 0.250 e. The molecule has 0 aliphatic heterocycles. The Morgan fingerprint density at radius 1 is 1.33 bits per heavy atom. The Labute approximate surface area is 125 Å². The number of aromatic nitrogens is 3. The fourth-order valence-corrected chi connectivity index (χ4v) is 2.26. The SMILES string of the molecule is CCCn1cc(NCc2cnc(N(C)C)n2C)ccc1=O. The first kappa shape index (κ1) is 15.2. The van der Waals surface area contributed by atoms with Gasteiger partial charge in [0.1, 0.15) is 0 Å². The highest BCUT2D eigenvalue weighted by Crippen LogP contribution is 2.13. The van der Waals surface area contributed by atoms with Crippen molar-refractivity contribution in [2.24, 2.45) is 7.05 Å². The molecule has 0 atom stereocenters. The van der Waals surface area contributed by atoms with Crippen molar-refractivity contribution >= 4 is 11.6 Å². The summed E-state index contributed by atoms with van der Waals surface area (Å²) >= 11 is 0. The van der Waals surface area contributed by atoms with Crippen LogP contribution in [0.15, 0.2) is 29.3 Å². The van der Waals surface area contributed by atoms with E-state index in [4.69, 9.17) is 0 Å². The van der Waals surface area contributed by atoms with Gasteiger partial charge in [-0.2, -0.15) is 0 Å². The first-order valence-electron chi connectivity index (χ1n) is 7.15. The van der Waals surface area contributed by atoms with Crippen molar-refractivity contribution < 1.29 is 0 Å². The molecule has 1 N–H and O–H groups in total. The van der Waals surface area contributed by atoms with Crippen molar-refractivity contribution in [1.82, 2.24) is 14.1 Å². The first-order chi connectivity index (χ1) is 10.0. The molecule has 6 heteroatoms. The van der Waals surface area contributed by atoms with Crippen LogP contribution in [0.2, 0.25) is 0 Å². The van der Waals surface area contributed by atoms with Crippen molar-refractivity contribution in [3.63, 3.8) is 0 Å². The van der Waals surface area contributed by atoms with Crippen molar-refractivity contribution in [3.05, 3.63) is 40.6 Å². The number of imidazole rings is 1. The van der Waals surface area contributed by atoms with Gasteiger partial charge >= 0.3 is 0 Å². The van der Waals surface area contributed by atoms with Crippen molar-refractivity contribution in [1.29, 1.82) is 0 Å². The van der Waals surface area contributed by atoms with Crippen LogP contribution in [0.3, 0.4) is 0 Å². The molecule has 0 aliphatic rings. The molecule has 0 saturated heterocycles. The van der Waals surface area contributed by atoms with Crippen LogP contribution in [0, 0.1) is 0 Å². The zero-order valence-electron chi connectivity index (χ0n) is 13.1. The summed E-state index contributed by atoms with van der Waals surface area (Å²) in [6, 6.07) is 3.42. The lowest BCUT2D eigenvalue weighted by molar-refractivity contribution is 0.654. The summed E-state index contributed by atoms with van der Waals surface area (Å²) in [5.74, 6) is 0.919. The summed E-state index contributed by atoms with van der Waals surface area (Å²) in [5, 5.41) is 3.34. The Morgan fingerprint density at radius 2 is 2.10 bits per heavy atom. The average molecular weight is 289 g/mol. The lowest BCUT2D eigenvalue weighted by Gasteiger charge is -2.13. The summed E-state index contributed by atoms with van der Waals surface area (Å²) in [7, 11) is 5.94. The van der Waals surface area contributed by atoms with E-state index in [1.54, 1.807) is 10.6 Å². The molecule has 0 unspecified atom stereocenters. The molecule has 2 heterocycles. The maximum atomic E-state index is 11.7. The third-order valence-electron chi connectivity index (χ3n) is 3.38. The molecular formula is C15H23N5O. The van der Waals surface area contributed by atoms with Gasteiger partial charge in [-0.3, -0.25) is 4.79 Å². The molecule has 114 valence electrons. The van der Waals surface area contributed by atoms with Gasteiger partial charge in [-0.15, -0.1) is 0 Å². The van der Waals surface area contributed by atoms with Crippen LogP contribution in [0.5, 0.6) is 0 Å². The second-order valence-corrected chi connectivity index (χ2v) is 5.31. The first-order valence-corrected chi connectivity index (χ1v) is 7.15. The van der Waals surface area contributed by atoms with Gasteiger partial charge in [0.2, 0.25) is 5.95 Å². The molecule has 2 aromatic rings. The van der Waals surface area contributed by atoms with E-state index in [9.17, 15) is 4.79 Å². The van der Waals surface area contributed by atoms with Crippen LogP contribution in [-0.2, 0) is 20.1 Å². The van der Waals surface area contributed by atoms with Crippen LogP contribution >= 0.6 is 0 Å². The maximum Gasteiger partial charge on any atom is 0.250 e. The molecule has 21 heavy (non-hydrogen) atoms. The van der Waals surface area contributed by atoms with Gasteiger partial charge in [0, 0.05) is 40.0 Å².